The first-order valence-electron chi connectivity index (χ1n) is 6.57. The zero-order valence-electron chi connectivity index (χ0n) is 11.4. The Bertz CT molecular complexity index is 436. The number of anilines is 1. The first kappa shape index (κ1) is 13.7. The maximum absolute atomic E-state index is 11.9. The second-order valence-corrected chi connectivity index (χ2v) is 4.51. The highest BCUT2D eigenvalue weighted by atomic mass is 16.6. The van der Waals surface area contributed by atoms with Gasteiger partial charge in [-0.3, -0.25) is 4.90 Å². The fourth-order valence-electron chi connectivity index (χ4n) is 2.22. The molecule has 0 saturated carbocycles. The third-order valence-electron chi connectivity index (χ3n) is 3.05. The molecule has 1 aromatic rings. The quantitative estimate of drug-likeness (QED) is 0.882. The standard InChI is InChI=1S/C14H20N2O3/c1-3-18-13-7-5-4-6-12(13)16-9-11(8-15-2)10-19-14(16)17/h4-7,11,15H,3,8-10H2,1-2H3. The second-order valence-electron chi connectivity index (χ2n) is 4.51. The number of ether oxygens (including phenoxy) is 2. The minimum absolute atomic E-state index is 0.289. The monoisotopic (exact) mass is 264 g/mol. The summed E-state index contributed by atoms with van der Waals surface area (Å²) >= 11 is 0. The lowest BCUT2D eigenvalue weighted by molar-refractivity contribution is 0.115. The second kappa shape index (κ2) is 6.43. The van der Waals surface area contributed by atoms with Crippen molar-refractivity contribution in [3.63, 3.8) is 0 Å². The summed E-state index contributed by atoms with van der Waals surface area (Å²) in [6.07, 6.45) is -0.306. The molecule has 0 spiro atoms. The van der Waals surface area contributed by atoms with Crippen LogP contribution in [0.3, 0.4) is 0 Å². The van der Waals surface area contributed by atoms with Crippen molar-refractivity contribution in [1.29, 1.82) is 0 Å². The third kappa shape index (κ3) is 3.17. The van der Waals surface area contributed by atoms with Crippen molar-refractivity contribution in [2.45, 2.75) is 6.92 Å². The molecule has 1 unspecified atom stereocenters. The number of hydrogen-bond donors (Lipinski definition) is 1. The summed E-state index contributed by atoms with van der Waals surface area (Å²) in [5.41, 5.74) is 0.773. The average molecular weight is 264 g/mol. The van der Waals surface area contributed by atoms with Crippen LogP contribution in [-0.4, -0.2) is 39.4 Å². The minimum Gasteiger partial charge on any atom is -0.492 e. The summed E-state index contributed by atoms with van der Waals surface area (Å²) in [7, 11) is 1.90. The van der Waals surface area contributed by atoms with E-state index in [9.17, 15) is 4.79 Å². The van der Waals surface area contributed by atoms with Crippen LogP contribution in [0.25, 0.3) is 0 Å². The van der Waals surface area contributed by atoms with Crippen LogP contribution in [0, 0.1) is 5.92 Å². The van der Waals surface area contributed by atoms with Crippen LogP contribution in [0.2, 0.25) is 0 Å². The molecule has 1 aliphatic heterocycles. The van der Waals surface area contributed by atoms with E-state index in [4.69, 9.17) is 9.47 Å². The third-order valence-corrected chi connectivity index (χ3v) is 3.05. The van der Waals surface area contributed by atoms with Gasteiger partial charge in [-0.1, -0.05) is 12.1 Å². The van der Waals surface area contributed by atoms with Crippen LogP contribution in [0.15, 0.2) is 24.3 Å². The molecule has 1 fully saturated rings. The van der Waals surface area contributed by atoms with E-state index in [0.717, 1.165) is 12.2 Å². The molecular formula is C14H20N2O3. The summed E-state index contributed by atoms with van der Waals surface area (Å²) in [4.78, 5) is 13.6. The highest BCUT2D eigenvalue weighted by Gasteiger charge is 2.29. The van der Waals surface area contributed by atoms with Crippen molar-refractivity contribution in [3.8, 4) is 5.75 Å². The van der Waals surface area contributed by atoms with E-state index in [2.05, 4.69) is 5.32 Å². The number of hydrogen-bond acceptors (Lipinski definition) is 4. The summed E-state index contributed by atoms with van der Waals surface area (Å²) < 4.78 is 10.8. The fourth-order valence-corrected chi connectivity index (χ4v) is 2.22. The molecule has 5 nitrogen and oxygen atoms in total. The Morgan fingerprint density at radius 2 is 2.26 bits per heavy atom. The highest BCUT2D eigenvalue weighted by Crippen LogP contribution is 2.30. The number of para-hydroxylation sites is 2. The van der Waals surface area contributed by atoms with Crippen LogP contribution in [-0.2, 0) is 4.74 Å². The Morgan fingerprint density at radius 1 is 1.47 bits per heavy atom. The number of benzene rings is 1. The van der Waals surface area contributed by atoms with E-state index in [1.165, 1.54) is 0 Å². The lowest BCUT2D eigenvalue weighted by Gasteiger charge is -2.32. The molecule has 1 heterocycles. The Kier molecular flexibility index (Phi) is 4.63. The largest absolute Gasteiger partial charge is 0.492 e. The van der Waals surface area contributed by atoms with Crippen LogP contribution in [0.1, 0.15) is 6.92 Å². The van der Waals surface area contributed by atoms with Gasteiger partial charge in [-0.05, 0) is 26.1 Å². The van der Waals surface area contributed by atoms with Crippen molar-refractivity contribution >= 4 is 11.8 Å². The zero-order chi connectivity index (χ0) is 13.7. The fraction of sp³-hybridized carbons (Fsp3) is 0.500. The predicted octanol–water partition coefficient (Wildman–Crippen LogP) is 1.88. The van der Waals surface area contributed by atoms with Gasteiger partial charge in [-0.2, -0.15) is 0 Å². The Morgan fingerprint density at radius 3 is 3.00 bits per heavy atom. The van der Waals surface area contributed by atoms with Gasteiger partial charge in [0.05, 0.1) is 18.9 Å². The van der Waals surface area contributed by atoms with E-state index in [1.54, 1.807) is 4.90 Å². The molecular weight excluding hydrogens is 244 g/mol. The first-order valence-corrected chi connectivity index (χ1v) is 6.57. The number of amides is 1. The zero-order valence-corrected chi connectivity index (χ0v) is 11.4. The maximum atomic E-state index is 11.9. The van der Waals surface area contributed by atoms with Gasteiger partial charge in [0.25, 0.3) is 0 Å². The summed E-state index contributed by atoms with van der Waals surface area (Å²) in [6, 6.07) is 7.55. The molecule has 5 heteroatoms. The Balaban J connectivity index is 2.20. The highest BCUT2D eigenvalue weighted by molar-refractivity contribution is 5.90. The van der Waals surface area contributed by atoms with Crippen molar-refractivity contribution < 1.29 is 14.3 Å². The normalized spacial score (nSPS) is 19.2. The van der Waals surface area contributed by atoms with Crippen LogP contribution >= 0.6 is 0 Å². The van der Waals surface area contributed by atoms with Gasteiger partial charge in [0.15, 0.2) is 0 Å². The SMILES string of the molecule is CCOc1ccccc1N1CC(CNC)COC1=O. The molecule has 1 aliphatic rings. The molecule has 0 bridgehead atoms. The molecule has 0 aliphatic carbocycles. The van der Waals surface area contributed by atoms with E-state index in [0.29, 0.717) is 25.5 Å². The van der Waals surface area contributed by atoms with Crippen molar-refractivity contribution in [2.24, 2.45) is 5.92 Å². The molecule has 0 radical (unpaired) electrons. The van der Waals surface area contributed by atoms with Crippen molar-refractivity contribution in [2.75, 3.05) is 38.3 Å². The van der Waals surface area contributed by atoms with Gasteiger partial charge >= 0.3 is 6.09 Å². The molecule has 0 aromatic heterocycles. The lowest BCUT2D eigenvalue weighted by atomic mass is 10.1. The Hall–Kier alpha value is -1.75. The van der Waals surface area contributed by atoms with Crippen LogP contribution < -0.4 is 15.0 Å². The van der Waals surface area contributed by atoms with Gasteiger partial charge in [-0.15, -0.1) is 0 Å². The van der Waals surface area contributed by atoms with Gasteiger partial charge in [0, 0.05) is 19.0 Å². The van der Waals surface area contributed by atoms with Gasteiger partial charge in [0.1, 0.15) is 5.75 Å². The van der Waals surface area contributed by atoms with Crippen molar-refractivity contribution in [1.82, 2.24) is 5.32 Å². The summed E-state index contributed by atoms with van der Waals surface area (Å²) in [5, 5.41) is 3.11. The number of carbonyl (C=O) groups excluding carboxylic acids is 1. The number of cyclic esters (lactones) is 1. The first-order chi connectivity index (χ1) is 9.26. The van der Waals surface area contributed by atoms with E-state index >= 15 is 0 Å². The van der Waals surface area contributed by atoms with Crippen LogP contribution in [0.5, 0.6) is 5.75 Å². The van der Waals surface area contributed by atoms with Crippen molar-refractivity contribution in [3.05, 3.63) is 24.3 Å². The average Bonchev–Trinajstić information content (AvgIpc) is 2.42. The van der Waals surface area contributed by atoms with Gasteiger partial charge < -0.3 is 14.8 Å². The molecule has 19 heavy (non-hydrogen) atoms. The molecule has 104 valence electrons. The number of nitrogens with one attached hydrogen (secondary N) is 1. The topological polar surface area (TPSA) is 50.8 Å². The molecule has 2 rings (SSSR count). The molecule has 1 N–H and O–H groups in total. The number of rotatable bonds is 5. The molecule has 1 amide bonds. The molecule has 1 atom stereocenters. The predicted molar refractivity (Wildman–Crippen MR) is 73.7 cm³/mol. The van der Waals surface area contributed by atoms with Gasteiger partial charge in [0.2, 0.25) is 0 Å². The van der Waals surface area contributed by atoms with E-state index < -0.39 is 0 Å². The summed E-state index contributed by atoms with van der Waals surface area (Å²) in [5.74, 6) is 1.00. The van der Waals surface area contributed by atoms with Crippen LogP contribution in [0.4, 0.5) is 10.5 Å². The lowest BCUT2D eigenvalue weighted by Crippen LogP contribution is -2.46. The molecule has 1 aromatic carbocycles. The van der Waals surface area contributed by atoms with E-state index in [-0.39, 0.29) is 12.0 Å². The molecule has 1 saturated heterocycles. The Labute approximate surface area is 113 Å². The number of nitrogens with zero attached hydrogens (tertiary/aromatic N) is 1. The minimum atomic E-state index is -0.306. The smallest absolute Gasteiger partial charge is 0.414 e. The number of carbonyl (C=O) groups is 1. The van der Waals surface area contributed by atoms with E-state index in [1.807, 2.05) is 38.2 Å². The maximum Gasteiger partial charge on any atom is 0.414 e. The van der Waals surface area contributed by atoms with Gasteiger partial charge in [-0.25, -0.2) is 4.79 Å². The summed E-state index contributed by atoms with van der Waals surface area (Å²) in [6.45, 7) is 4.42.